The monoisotopic (exact) mass is 430 g/mol. The lowest BCUT2D eigenvalue weighted by atomic mass is 9.62. The molecular formula is C26H26N2O4. The Kier molecular flexibility index (Phi) is 6.22. The minimum atomic E-state index is -1.36. The summed E-state index contributed by atoms with van der Waals surface area (Å²) in [5.41, 5.74) is 2.33. The van der Waals surface area contributed by atoms with Gasteiger partial charge < -0.3 is 15.1 Å². The Labute approximate surface area is 187 Å². The number of allylic oxidation sites excluding steroid dienone is 2. The molecule has 0 atom stereocenters. The predicted molar refractivity (Wildman–Crippen MR) is 122 cm³/mol. The molecule has 6 nitrogen and oxygen atoms in total. The number of carbonyl (C=O) groups is 2. The van der Waals surface area contributed by atoms with Gasteiger partial charge >= 0.3 is 11.9 Å². The number of nitriles is 1. The van der Waals surface area contributed by atoms with Crippen molar-refractivity contribution in [1.29, 1.82) is 5.26 Å². The summed E-state index contributed by atoms with van der Waals surface area (Å²) < 4.78 is 0. The molecule has 0 unspecified atom stereocenters. The van der Waals surface area contributed by atoms with Crippen LogP contribution in [-0.4, -0.2) is 33.6 Å². The van der Waals surface area contributed by atoms with Gasteiger partial charge in [0, 0.05) is 17.9 Å². The van der Waals surface area contributed by atoms with Gasteiger partial charge in [0.2, 0.25) is 0 Å². The summed E-state index contributed by atoms with van der Waals surface area (Å²) in [6, 6.07) is 16.4. The largest absolute Gasteiger partial charge is 0.478 e. The van der Waals surface area contributed by atoms with E-state index in [1.807, 2.05) is 32.0 Å². The number of benzene rings is 2. The van der Waals surface area contributed by atoms with E-state index >= 15 is 0 Å². The van der Waals surface area contributed by atoms with Gasteiger partial charge in [0.1, 0.15) is 0 Å². The van der Waals surface area contributed by atoms with E-state index in [1.165, 1.54) is 0 Å². The van der Waals surface area contributed by atoms with Crippen LogP contribution in [0.3, 0.4) is 0 Å². The molecule has 1 aliphatic heterocycles. The third-order valence-corrected chi connectivity index (χ3v) is 6.35. The lowest BCUT2D eigenvalue weighted by Crippen LogP contribution is -2.45. The van der Waals surface area contributed by atoms with Crippen molar-refractivity contribution in [3.63, 3.8) is 0 Å². The average molecular weight is 431 g/mol. The van der Waals surface area contributed by atoms with Crippen LogP contribution in [0.2, 0.25) is 0 Å². The Balaban J connectivity index is 2.49. The lowest BCUT2D eigenvalue weighted by molar-refractivity contribution is -0.134. The Morgan fingerprint density at radius 3 is 2.06 bits per heavy atom. The van der Waals surface area contributed by atoms with E-state index in [-0.39, 0.29) is 17.6 Å². The summed E-state index contributed by atoms with van der Waals surface area (Å²) in [7, 11) is 0. The molecule has 2 aromatic carbocycles. The van der Waals surface area contributed by atoms with Gasteiger partial charge in [0.25, 0.3) is 0 Å². The van der Waals surface area contributed by atoms with Crippen LogP contribution in [0.15, 0.2) is 71.1 Å². The number of nitrogens with zero attached hydrogens (tertiary/aromatic N) is 2. The van der Waals surface area contributed by atoms with Gasteiger partial charge in [-0.05, 0) is 56.0 Å². The van der Waals surface area contributed by atoms with Crippen molar-refractivity contribution in [2.24, 2.45) is 0 Å². The number of hydrogen-bond donors (Lipinski definition) is 2. The smallest absolute Gasteiger partial charge is 0.334 e. The van der Waals surface area contributed by atoms with Crippen LogP contribution in [0.4, 0.5) is 0 Å². The van der Waals surface area contributed by atoms with E-state index in [0.717, 1.165) is 5.56 Å². The molecule has 1 aliphatic rings. The summed E-state index contributed by atoms with van der Waals surface area (Å²) in [4.78, 5) is 27.1. The maximum atomic E-state index is 12.7. The van der Waals surface area contributed by atoms with Crippen molar-refractivity contribution >= 4 is 11.9 Å². The molecule has 32 heavy (non-hydrogen) atoms. The summed E-state index contributed by atoms with van der Waals surface area (Å²) >= 11 is 0. The van der Waals surface area contributed by atoms with Crippen molar-refractivity contribution in [3.05, 3.63) is 82.2 Å². The molecule has 3 rings (SSSR count). The first-order valence-electron chi connectivity index (χ1n) is 10.5. The second-order valence-electron chi connectivity index (χ2n) is 7.77. The molecular weight excluding hydrogens is 404 g/mol. The highest BCUT2D eigenvalue weighted by Gasteiger charge is 2.51. The molecule has 164 valence electrons. The van der Waals surface area contributed by atoms with Crippen LogP contribution >= 0.6 is 0 Å². The second kappa shape index (κ2) is 8.72. The van der Waals surface area contributed by atoms with Crippen LogP contribution in [0, 0.1) is 11.3 Å². The summed E-state index contributed by atoms with van der Waals surface area (Å²) in [5.74, 6) is -2.29. The molecule has 0 amide bonds. The molecule has 2 aromatic rings. The molecule has 0 aromatic heterocycles. The summed E-state index contributed by atoms with van der Waals surface area (Å²) in [6.07, 6.45) is 0.247. The molecule has 2 N–H and O–H groups in total. The first-order chi connectivity index (χ1) is 15.2. The zero-order valence-electron chi connectivity index (χ0n) is 18.6. The van der Waals surface area contributed by atoms with Crippen LogP contribution in [0.25, 0.3) is 11.1 Å². The van der Waals surface area contributed by atoms with Crippen molar-refractivity contribution in [1.82, 2.24) is 4.90 Å². The third-order valence-electron chi connectivity index (χ3n) is 6.35. The Hall–Kier alpha value is -3.85. The van der Waals surface area contributed by atoms with Crippen LogP contribution in [0.1, 0.15) is 45.2 Å². The Bertz CT molecular complexity index is 1160. The number of carboxylic acids is 2. The van der Waals surface area contributed by atoms with Gasteiger partial charge in [-0.1, -0.05) is 43.3 Å². The fourth-order valence-electron chi connectivity index (χ4n) is 5.09. The fraction of sp³-hybridized carbons (Fsp3) is 0.269. The first-order valence-corrected chi connectivity index (χ1v) is 10.5. The number of hydrogen-bond acceptors (Lipinski definition) is 4. The highest BCUT2D eigenvalue weighted by molar-refractivity contribution is 6.01. The normalized spacial score (nSPS) is 15.5. The molecule has 0 spiro atoms. The maximum absolute atomic E-state index is 12.7. The van der Waals surface area contributed by atoms with Crippen LogP contribution in [-0.2, 0) is 15.0 Å². The lowest BCUT2D eigenvalue weighted by Gasteiger charge is -2.45. The Morgan fingerprint density at radius 1 is 0.969 bits per heavy atom. The van der Waals surface area contributed by atoms with E-state index in [1.54, 1.807) is 49.1 Å². The fourth-order valence-corrected chi connectivity index (χ4v) is 5.09. The van der Waals surface area contributed by atoms with E-state index in [2.05, 4.69) is 6.07 Å². The molecule has 0 saturated carbocycles. The quantitative estimate of drug-likeness (QED) is 0.674. The first kappa shape index (κ1) is 22.8. The predicted octanol–water partition coefficient (Wildman–Crippen LogP) is 4.93. The van der Waals surface area contributed by atoms with Crippen molar-refractivity contribution in [2.45, 2.75) is 39.5 Å². The molecule has 0 fully saturated rings. The number of aliphatic carboxylic acids is 2. The molecule has 1 heterocycles. The average Bonchev–Trinajstić information content (AvgIpc) is 2.78. The standard InChI is InChI=1S/C26H26N2O4/c1-5-26(21-13-8-7-12-20(21)19-11-9-10-18(14-19)15-27)22(24(29)30)16(3)28(6-2)17(4)23(26)25(31)32/h7-14H,5-6H2,1-4H3,(H,29,30)(H,31,32). The summed E-state index contributed by atoms with van der Waals surface area (Å²) in [5, 5.41) is 30.0. The van der Waals surface area contributed by atoms with Crippen molar-refractivity contribution in [3.8, 4) is 17.2 Å². The molecule has 0 aliphatic carbocycles. The van der Waals surface area contributed by atoms with E-state index < -0.39 is 17.4 Å². The van der Waals surface area contributed by atoms with Crippen LogP contribution < -0.4 is 0 Å². The van der Waals surface area contributed by atoms with Gasteiger partial charge in [0.15, 0.2) is 0 Å². The third kappa shape index (κ3) is 3.36. The van der Waals surface area contributed by atoms with Gasteiger partial charge in [0.05, 0.1) is 28.2 Å². The Morgan fingerprint density at radius 2 is 1.56 bits per heavy atom. The topological polar surface area (TPSA) is 102 Å². The SMILES string of the molecule is CCN1C(C)=C(C(=O)O)C(CC)(c2ccccc2-c2cccc(C#N)c2)C(C(=O)O)=C1C. The van der Waals surface area contributed by atoms with Gasteiger partial charge in [-0.15, -0.1) is 0 Å². The number of carboxylic acid groups (broad SMARTS) is 2. The minimum absolute atomic E-state index is 0.0636. The second-order valence-corrected chi connectivity index (χ2v) is 7.77. The van der Waals surface area contributed by atoms with Crippen LogP contribution in [0.5, 0.6) is 0 Å². The van der Waals surface area contributed by atoms with E-state index in [4.69, 9.17) is 0 Å². The zero-order chi connectivity index (χ0) is 23.6. The molecule has 0 radical (unpaired) electrons. The highest BCUT2D eigenvalue weighted by Crippen LogP contribution is 2.51. The number of rotatable bonds is 6. The van der Waals surface area contributed by atoms with Gasteiger partial charge in [-0.3, -0.25) is 0 Å². The summed E-state index contributed by atoms with van der Waals surface area (Å²) in [6.45, 7) is 7.61. The van der Waals surface area contributed by atoms with Crippen molar-refractivity contribution < 1.29 is 19.8 Å². The molecule has 6 heteroatoms. The van der Waals surface area contributed by atoms with E-state index in [0.29, 0.717) is 34.6 Å². The molecule has 0 bridgehead atoms. The molecule has 0 saturated heterocycles. The zero-order valence-corrected chi connectivity index (χ0v) is 18.6. The minimum Gasteiger partial charge on any atom is -0.478 e. The van der Waals surface area contributed by atoms with Gasteiger partial charge in [-0.25, -0.2) is 9.59 Å². The van der Waals surface area contributed by atoms with E-state index in [9.17, 15) is 25.1 Å². The maximum Gasteiger partial charge on any atom is 0.334 e. The highest BCUT2D eigenvalue weighted by atomic mass is 16.4. The van der Waals surface area contributed by atoms with Crippen molar-refractivity contribution in [2.75, 3.05) is 6.54 Å². The van der Waals surface area contributed by atoms with Gasteiger partial charge in [-0.2, -0.15) is 5.26 Å².